The van der Waals surface area contributed by atoms with E-state index in [9.17, 15) is 13.6 Å². The Balaban J connectivity index is 1.91. The fraction of sp³-hybridized carbons (Fsp3) is 0.231. The van der Waals surface area contributed by atoms with E-state index in [0.29, 0.717) is 12.1 Å². The van der Waals surface area contributed by atoms with Gasteiger partial charge in [0.25, 0.3) is 0 Å². The molecule has 2 N–H and O–H groups in total. The molecule has 100 valence electrons. The Morgan fingerprint density at radius 3 is 2.79 bits per heavy atom. The maximum Gasteiger partial charge on any atom is 0.224 e. The normalized spacial score (nSPS) is 10.5. The Kier molecular flexibility index (Phi) is 3.89. The summed E-state index contributed by atoms with van der Waals surface area (Å²) in [4.78, 5) is 11.7. The van der Waals surface area contributed by atoms with E-state index in [2.05, 4.69) is 15.5 Å². The van der Waals surface area contributed by atoms with Crippen molar-refractivity contribution in [3.8, 4) is 0 Å². The first-order valence-corrected chi connectivity index (χ1v) is 5.75. The molecule has 6 heteroatoms. The minimum absolute atomic E-state index is 0.00803. The Bertz CT molecular complexity index is 595. The van der Waals surface area contributed by atoms with E-state index in [4.69, 9.17) is 0 Å². The minimum Gasteiger partial charge on any atom is -0.352 e. The van der Waals surface area contributed by atoms with Crippen LogP contribution in [0.15, 0.2) is 24.4 Å². The van der Waals surface area contributed by atoms with E-state index in [-0.39, 0.29) is 12.3 Å². The van der Waals surface area contributed by atoms with Gasteiger partial charge in [0.2, 0.25) is 5.91 Å². The lowest BCUT2D eigenvalue weighted by Gasteiger charge is -2.05. The van der Waals surface area contributed by atoms with Crippen LogP contribution in [-0.4, -0.2) is 16.1 Å². The molecule has 1 aromatic carbocycles. The van der Waals surface area contributed by atoms with Crippen molar-refractivity contribution in [2.45, 2.75) is 19.9 Å². The standard InChI is InChI=1S/C13H13F2N3O/c1-8-10(7-17-18-8)6-16-13(19)5-9-2-3-11(14)12(15)4-9/h2-4,7H,5-6H2,1H3,(H,16,19)(H,17,18). The van der Waals surface area contributed by atoms with Crippen LogP contribution in [0.5, 0.6) is 0 Å². The number of aromatic amines is 1. The number of hydrogen-bond acceptors (Lipinski definition) is 2. The number of nitrogens with one attached hydrogen (secondary N) is 2. The Morgan fingerprint density at radius 2 is 2.16 bits per heavy atom. The molecule has 0 saturated heterocycles. The van der Waals surface area contributed by atoms with Crippen LogP contribution in [0, 0.1) is 18.6 Å². The molecule has 19 heavy (non-hydrogen) atoms. The molecule has 0 aliphatic carbocycles. The van der Waals surface area contributed by atoms with Crippen LogP contribution in [0.3, 0.4) is 0 Å². The first kappa shape index (κ1) is 13.2. The van der Waals surface area contributed by atoms with Gasteiger partial charge in [-0.15, -0.1) is 0 Å². The van der Waals surface area contributed by atoms with Gasteiger partial charge in [0.15, 0.2) is 11.6 Å². The van der Waals surface area contributed by atoms with Gasteiger partial charge in [-0.25, -0.2) is 8.78 Å². The van der Waals surface area contributed by atoms with Crippen molar-refractivity contribution >= 4 is 5.91 Å². The average molecular weight is 265 g/mol. The van der Waals surface area contributed by atoms with E-state index in [1.165, 1.54) is 6.07 Å². The van der Waals surface area contributed by atoms with Crippen LogP contribution < -0.4 is 5.32 Å². The zero-order valence-corrected chi connectivity index (χ0v) is 10.3. The van der Waals surface area contributed by atoms with Gasteiger partial charge in [0, 0.05) is 17.8 Å². The zero-order valence-electron chi connectivity index (χ0n) is 10.3. The molecule has 0 atom stereocenters. The van der Waals surface area contributed by atoms with Gasteiger partial charge < -0.3 is 5.32 Å². The summed E-state index contributed by atoms with van der Waals surface area (Å²) < 4.78 is 25.7. The second-order valence-corrected chi connectivity index (χ2v) is 4.22. The number of nitrogens with zero attached hydrogens (tertiary/aromatic N) is 1. The van der Waals surface area contributed by atoms with E-state index < -0.39 is 11.6 Å². The molecule has 0 spiro atoms. The summed E-state index contributed by atoms with van der Waals surface area (Å²) in [6, 6.07) is 3.43. The van der Waals surface area contributed by atoms with Crippen molar-refractivity contribution in [2.24, 2.45) is 0 Å². The SMILES string of the molecule is Cc1[nH]ncc1CNC(=O)Cc1ccc(F)c(F)c1. The second kappa shape index (κ2) is 5.60. The summed E-state index contributed by atoms with van der Waals surface area (Å²) in [7, 11) is 0. The number of hydrogen-bond donors (Lipinski definition) is 2. The maximum atomic E-state index is 13.0. The lowest BCUT2D eigenvalue weighted by atomic mass is 10.1. The molecule has 1 aromatic heterocycles. The highest BCUT2D eigenvalue weighted by atomic mass is 19.2. The van der Waals surface area contributed by atoms with Crippen LogP contribution in [0.4, 0.5) is 8.78 Å². The van der Waals surface area contributed by atoms with Gasteiger partial charge in [-0.3, -0.25) is 9.89 Å². The maximum absolute atomic E-state index is 13.0. The summed E-state index contributed by atoms with van der Waals surface area (Å²) in [5, 5.41) is 9.29. The Labute approximate surface area is 108 Å². The summed E-state index contributed by atoms with van der Waals surface area (Å²) >= 11 is 0. The smallest absolute Gasteiger partial charge is 0.224 e. The number of benzene rings is 1. The third-order valence-electron chi connectivity index (χ3n) is 2.76. The van der Waals surface area contributed by atoms with Crippen LogP contribution in [0.25, 0.3) is 0 Å². The fourth-order valence-corrected chi connectivity index (χ4v) is 1.65. The van der Waals surface area contributed by atoms with Crippen molar-refractivity contribution in [3.05, 3.63) is 52.9 Å². The lowest BCUT2D eigenvalue weighted by molar-refractivity contribution is -0.120. The van der Waals surface area contributed by atoms with Crippen molar-refractivity contribution in [3.63, 3.8) is 0 Å². The van der Waals surface area contributed by atoms with Crippen LogP contribution >= 0.6 is 0 Å². The van der Waals surface area contributed by atoms with Gasteiger partial charge in [-0.2, -0.15) is 5.10 Å². The second-order valence-electron chi connectivity index (χ2n) is 4.22. The third-order valence-corrected chi connectivity index (χ3v) is 2.76. The molecule has 0 fully saturated rings. The molecular weight excluding hydrogens is 252 g/mol. The zero-order chi connectivity index (χ0) is 13.8. The lowest BCUT2D eigenvalue weighted by Crippen LogP contribution is -2.24. The van der Waals surface area contributed by atoms with Gasteiger partial charge in [-0.1, -0.05) is 6.07 Å². The molecule has 1 heterocycles. The summed E-state index contributed by atoms with van der Waals surface area (Å²) in [5.41, 5.74) is 2.20. The van der Waals surface area contributed by atoms with Crippen molar-refractivity contribution in [1.29, 1.82) is 0 Å². The van der Waals surface area contributed by atoms with Crippen molar-refractivity contribution in [2.75, 3.05) is 0 Å². The highest BCUT2D eigenvalue weighted by Crippen LogP contribution is 2.09. The quantitative estimate of drug-likeness (QED) is 0.886. The Morgan fingerprint density at radius 1 is 1.37 bits per heavy atom. The van der Waals surface area contributed by atoms with Crippen molar-refractivity contribution in [1.82, 2.24) is 15.5 Å². The largest absolute Gasteiger partial charge is 0.352 e. The highest BCUT2D eigenvalue weighted by Gasteiger charge is 2.08. The molecule has 0 bridgehead atoms. The fourth-order valence-electron chi connectivity index (χ4n) is 1.65. The third kappa shape index (κ3) is 3.37. The first-order valence-electron chi connectivity index (χ1n) is 5.75. The molecule has 0 unspecified atom stereocenters. The monoisotopic (exact) mass is 265 g/mol. The number of rotatable bonds is 4. The van der Waals surface area contributed by atoms with Crippen LogP contribution in [0.1, 0.15) is 16.8 Å². The predicted molar refractivity (Wildman–Crippen MR) is 65.2 cm³/mol. The molecule has 4 nitrogen and oxygen atoms in total. The number of H-pyrrole nitrogens is 1. The van der Waals surface area contributed by atoms with E-state index in [0.717, 1.165) is 23.4 Å². The molecule has 0 aliphatic rings. The molecule has 0 saturated carbocycles. The Hall–Kier alpha value is -2.24. The van der Waals surface area contributed by atoms with Crippen LogP contribution in [-0.2, 0) is 17.8 Å². The van der Waals surface area contributed by atoms with Gasteiger partial charge >= 0.3 is 0 Å². The molecule has 0 aliphatic heterocycles. The number of amides is 1. The van der Waals surface area contributed by atoms with E-state index in [1.54, 1.807) is 6.20 Å². The van der Waals surface area contributed by atoms with Crippen molar-refractivity contribution < 1.29 is 13.6 Å². The molecule has 2 aromatic rings. The topological polar surface area (TPSA) is 57.8 Å². The molecular formula is C13H13F2N3O. The number of carbonyl (C=O) groups excluding carboxylic acids is 1. The van der Waals surface area contributed by atoms with E-state index in [1.807, 2.05) is 6.92 Å². The number of aryl methyl sites for hydroxylation is 1. The average Bonchev–Trinajstić information content (AvgIpc) is 2.77. The highest BCUT2D eigenvalue weighted by molar-refractivity contribution is 5.78. The van der Waals surface area contributed by atoms with Gasteiger partial charge in [0.05, 0.1) is 12.6 Å². The molecule has 0 radical (unpaired) electrons. The predicted octanol–water partition coefficient (Wildman–Crippen LogP) is 1.86. The van der Waals surface area contributed by atoms with Crippen LogP contribution in [0.2, 0.25) is 0 Å². The summed E-state index contributed by atoms with van der Waals surface area (Å²) in [6.07, 6.45) is 1.64. The number of halogens is 2. The van der Waals surface area contributed by atoms with Gasteiger partial charge in [0.1, 0.15) is 0 Å². The van der Waals surface area contributed by atoms with Gasteiger partial charge in [-0.05, 0) is 24.6 Å². The minimum atomic E-state index is -0.948. The number of aromatic nitrogens is 2. The molecule has 2 rings (SSSR count). The first-order chi connectivity index (χ1) is 9.06. The van der Waals surface area contributed by atoms with E-state index >= 15 is 0 Å². The summed E-state index contributed by atoms with van der Waals surface area (Å²) in [5.74, 6) is -2.12. The number of carbonyl (C=O) groups is 1. The molecule has 1 amide bonds. The summed E-state index contributed by atoms with van der Waals surface area (Å²) in [6.45, 7) is 2.20.